The summed E-state index contributed by atoms with van der Waals surface area (Å²) in [7, 11) is 0. The Morgan fingerprint density at radius 2 is 1.94 bits per heavy atom. The second-order valence-electron chi connectivity index (χ2n) is 8.03. The highest BCUT2D eigenvalue weighted by Crippen LogP contribution is 2.28. The molecule has 0 amide bonds. The number of ether oxygens (including phenoxy) is 1. The fourth-order valence-corrected chi connectivity index (χ4v) is 4.40. The van der Waals surface area contributed by atoms with E-state index in [0.717, 1.165) is 17.6 Å². The van der Waals surface area contributed by atoms with E-state index < -0.39 is 5.82 Å². The first-order chi connectivity index (χ1) is 17.1. The van der Waals surface area contributed by atoms with E-state index in [0.29, 0.717) is 32.0 Å². The Morgan fingerprint density at radius 1 is 1.06 bits per heavy atom. The fraction of sp³-hybridized carbons (Fsp3) is 0.200. The third-order valence-corrected chi connectivity index (χ3v) is 6.09. The Kier molecular flexibility index (Phi) is 6.92. The number of halogens is 1. The lowest BCUT2D eigenvalue weighted by Crippen LogP contribution is -2.37. The smallest absolute Gasteiger partial charge is 0.245 e. The molecule has 0 atom stereocenters. The lowest BCUT2D eigenvalue weighted by Gasteiger charge is -2.27. The maximum atomic E-state index is 14.2. The summed E-state index contributed by atoms with van der Waals surface area (Å²) in [4.78, 5) is 14.5. The first-order valence-corrected chi connectivity index (χ1v) is 12.1. The summed E-state index contributed by atoms with van der Waals surface area (Å²) in [5, 5.41) is 11.8. The average molecular weight is 490 g/mol. The molecule has 178 valence electrons. The molecule has 1 aliphatic rings. The fourth-order valence-electron chi connectivity index (χ4n) is 3.74. The number of aryl methyl sites for hydroxylation is 1. The molecule has 5 rings (SSSR count). The zero-order valence-electron chi connectivity index (χ0n) is 19.1. The van der Waals surface area contributed by atoms with Gasteiger partial charge in [0.15, 0.2) is 11.6 Å². The molecule has 3 aromatic heterocycles. The van der Waals surface area contributed by atoms with Gasteiger partial charge in [0, 0.05) is 18.8 Å². The van der Waals surface area contributed by atoms with E-state index >= 15 is 0 Å². The molecule has 2 N–H and O–H groups in total. The van der Waals surface area contributed by atoms with E-state index in [-0.39, 0.29) is 11.8 Å². The van der Waals surface area contributed by atoms with Gasteiger partial charge in [-0.25, -0.2) is 14.8 Å². The van der Waals surface area contributed by atoms with Crippen LogP contribution in [0.3, 0.4) is 0 Å². The van der Waals surface area contributed by atoms with Crippen molar-refractivity contribution in [2.75, 3.05) is 41.9 Å². The first kappa shape index (κ1) is 22.9. The van der Waals surface area contributed by atoms with Gasteiger partial charge in [0.05, 0.1) is 43.2 Å². The van der Waals surface area contributed by atoms with E-state index in [1.807, 2.05) is 17.0 Å². The molecule has 35 heavy (non-hydrogen) atoms. The van der Waals surface area contributed by atoms with Crippen LogP contribution >= 0.6 is 11.3 Å². The van der Waals surface area contributed by atoms with Crippen molar-refractivity contribution in [3.05, 3.63) is 76.6 Å². The predicted octanol–water partition coefficient (Wildman–Crippen LogP) is 5.07. The van der Waals surface area contributed by atoms with Gasteiger partial charge in [-0.1, -0.05) is 6.07 Å². The van der Waals surface area contributed by atoms with E-state index in [1.165, 1.54) is 16.7 Å². The van der Waals surface area contributed by atoms with Crippen LogP contribution in [-0.2, 0) is 4.74 Å². The van der Waals surface area contributed by atoms with Gasteiger partial charge in [0.25, 0.3) is 0 Å². The third-order valence-electron chi connectivity index (χ3n) is 5.40. The van der Waals surface area contributed by atoms with Gasteiger partial charge in [-0.05, 0) is 64.7 Å². The average Bonchev–Trinajstić information content (AvgIpc) is 3.42. The van der Waals surface area contributed by atoms with Gasteiger partial charge < -0.3 is 15.0 Å². The number of hydrazone groups is 1. The van der Waals surface area contributed by atoms with E-state index in [9.17, 15) is 4.39 Å². The van der Waals surface area contributed by atoms with Crippen LogP contribution in [0.5, 0.6) is 0 Å². The van der Waals surface area contributed by atoms with Crippen molar-refractivity contribution in [3.8, 4) is 11.1 Å². The summed E-state index contributed by atoms with van der Waals surface area (Å²) < 4.78 is 19.5. The zero-order chi connectivity index (χ0) is 24.0. The van der Waals surface area contributed by atoms with Gasteiger partial charge >= 0.3 is 0 Å². The number of rotatable bonds is 7. The summed E-state index contributed by atoms with van der Waals surface area (Å²) in [6, 6.07) is 12.3. The largest absolute Gasteiger partial charge is 0.378 e. The van der Waals surface area contributed by atoms with Gasteiger partial charge in [0.2, 0.25) is 5.95 Å². The molecule has 0 spiro atoms. The first-order valence-electron chi connectivity index (χ1n) is 11.2. The van der Waals surface area contributed by atoms with Crippen molar-refractivity contribution >= 4 is 40.7 Å². The monoisotopic (exact) mass is 489 g/mol. The van der Waals surface area contributed by atoms with Crippen molar-refractivity contribution in [3.63, 3.8) is 0 Å². The van der Waals surface area contributed by atoms with E-state index in [2.05, 4.69) is 72.7 Å². The van der Waals surface area contributed by atoms with Crippen LogP contribution in [-0.4, -0.2) is 47.5 Å². The molecule has 0 saturated carbocycles. The standard InChI is InChI=1S/C25H24FN7OS/c1-17-10-19(18-4-9-35-16-18)12-22(11-17)30-21-3-2-20(27-13-21)14-29-32-25-28-15-23(26)24(31-25)33-5-7-34-8-6-33/h2-4,9-16,30H,5-8H2,1H3,(H,28,31,32)/b29-14+. The van der Waals surface area contributed by atoms with Crippen molar-refractivity contribution in [1.29, 1.82) is 0 Å². The maximum Gasteiger partial charge on any atom is 0.245 e. The number of benzene rings is 1. The highest BCUT2D eigenvalue weighted by molar-refractivity contribution is 7.08. The summed E-state index contributed by atoms with van der Waals surface area (Å²) in [5.41, 5.74) is 8.84. The van der Waals surface area contributed by atoms with Crippen LogP contribution in [0.4, 0.5) is 27.5 Å². The molecule has 0 bridgehead atoms. The molecule has 8 nitrogen and oxygen atoms in total. The van der Waals surface area contributed by atoms with Crippen LogP contribution in [0.2, 0.25) is 0 Å². The minimum absolute atomic E-state index is 0.211. The summed E-state index contributed by atoms with van der Waals surface area (Å²) in [6.45, 7) is 4.33. The summed E-state index contributed by atoms with van der Waals surface area (Å²) in [5.74, 6) is -0.0154. The SMILES string of the molecule is Cc1cc(Nc2ccc(/C=N/Nc3ncc(F)c(N4CCOCC4)n3)nc2)cc(-c2ccsc2)c1. The molecule has 0 radical (unpaired) electrons. The maximum absolute atomic E-state index is 14.2. The summed E-state index contributed by atoms with van der Waals surface area (Å²) in [6.07, 6.45) is 4.45. The second-order valence-corrected chi connectivity index (χ2v) is 8.81. The van der Waals surface area contributed by atoms with E-state index in [4.69, 9.17) is 4.74 Å². The Morgan fingerprint density at radius 3 is 2.71 bits per heavy atom. The number of anilines is 4. The lowest BCUT2D eigenvalue weighted by atomic mass is 10.1. The quantitative estimate of drug-likeness (QED) is 0.277. The van der Waals surface area contributed by atoms with Gasteiger partial charge in [-0.3, -0.25) is 4.98 Å². The highest BCUT2D eigenvalue weighted by atomic mass is 32.1. The van der Waals surface area contributed by atoms with Crippen LogP contribution in [0.15, 0.2) is 64.7 Å². The zero-order valence-corrected chi connectivity index (χ0v) is 19.9. The number of thiophene rings is 1. The molecular weight excluding hydrogens is 465 g/mol. The number of morpholine rings is 1. The molecule has 0 aliphatic carbocycles. The van der Waals surface area contributed by atoms with Crippen molar-refractivity contribution in [2.24, 2.45) is 5.10 Å². The Bertz CT molecular complexity index is 1310. The normalized spacial score (nSPS) is 13.8. The predicted molar refractivity (Wildman–Crippen MR) is 138 cm³/mol. The molecule has 4 aromatic rings. The molecule has 10 heteroatoms. The lowest BCUT2D eigenvalue weighted by molar-refractivity contribution is 0.122. The Labute approximate surface area is 206 Å². The van der Waals surface area contributed by atoms with Crippen LogP contribution in [0, 0.1) is 12.7 Å². The van der Waals surface area contributed by atoms with E-state index in [1.54, 1.807) is 23.7 Å². The van der Waals surface area contributed by atoms with Crippen LogP contribution in [0.25, 0.3) is 11.1 Å². The minimum atomic E-state index is -0.470. The molecule has 1 aliphatic heterocycles. The number of nitrogens with one attached hydrogen (secondary N) is 2. The molecule has 4 heterocycles. The van der Waals surface area contributed by atoms with Crippen molar-refractivity contribution < 1.29 is 9.13 Å². The molecule has 1 aromatic carbocycles. The van der Waals surface area contributed by atoms with Gasteiger partial charge in [-0.2, -0.15) is 21.4 Å². The molecule has 1 saturated heterocycles. The van der Waals surface area contributed by atoms with Gasteiger partial charge in [-0.15, -0.1) is 0 Å². The second kappa shape index (κ2) is 10.6. The van der Waals surface area contributed by atoms with Gasteiger partial charge in [0.1, 0.15) is 0 Å². The van der Waals surface area contributed by atoms with Crippen molar-refractivity contribution in [2.45, 2.75) is 6.92 Å². The Balaban J connectivity index is 1.22. The minimum Gasteiger partial charge on any atom is -0.378 e. The number of hydrogen-bond donors (Lipinski definition) is 2. The number of hydrogen-bond acceptors (Lipinski definition) is 9. The highest BCUT2D eigenvalue weighted by Gasteiger charge is 2.17. The number of pyridine rings is 1. The molecular formula is C25H24FN7OS. The summed E-state index contributed by atoms with van der Waals surface area (Å²) >= 11 is 1.69. The third kappa shape index (κ3) is 5.79. The van der Waals surface area contributed by atoms with Crippen LogP contribution in [0.1, 0.15) is 11.3 Å². The van der Waals surface area contributed by atoms with Crippen molar-refractivity contribution in [1.82, 2.24) is 15.0 Å². The number of aromatic nitrogens is 3. The Hall–Kier alpha value is -3.89. The molecule has 1 fully saturated rings. The topological polar surface area (TPSA) is 87.6 Å². The molecule has 0 unspecified atom stereocenters. The number of nitrogens with zero attached hydrogens (tertiary/aromatic N) is 5. The van der Waals surface area contributed by atoms with Crippen LogP contribution < -0.4 is 15.6 Å².